The Morgan fingerprint density at radius 3 is 2.79 bits per heavy atom. The second-order valence-corrected chi connectivity index (χ2v) is 4.65. The van der Waals surface area contributed by atoms with Crippen LogP contribution in [0.3, 0.4) is 0 Å². The number of aryl methyl sites for hydroxylation is 1. The van der Waals surface area contributed by atoms with E-state index < -0.39 is 0 Å². The zero-order valence-electron chi connectivity index (χ0n) is 11.1. The van der Waals surface area contributed by atoms with E-state index in [2.05, 4.69) is 26.9 Å². The van der Waals surface area contributed by atoms with Gasteiger partial charge in [-0.05, 0) is 12.8 Å². The Labute approximate surface area is 111 Å². The van der Waals surface area contributed by atoms with Gasteiger partial charge in [-0.15, -0.1) is 0 Å². The lowest BCUT2D eigenvalue weighted by Gasteiger charge is -2.02. The lowest BCUT2D eigenvalue weighted by atomic mass is 10.1. The van der Waals surface area contributed by atoms with Crippen LogP contribution in [0.4, 0.5) is 5.95 Å². The first-order chi connectivity index (χ1) is 9.20. The number of rotatable bonds is 6. The summed E-state index contributed by atoms with van der Waals surface area (Å²) in [4.78, 5) is 26.5. The number of nitrogens with one attached hydrogen (secondary N) is 1. The summed E-state index contributed by atoms with van der Waals surface area (Å²) < 4.78 is 0. The molecule has 2 aromatic rings. The van der Waals surface area contributed by atoms with Gasteiger partial charge < -0.3 is 5.73 Å². The van der Waals surface area contributed by atoms with E-state index in [1.165, 1.54) is 25.7 Å². The van der Waals surface area contributed by atoms with Crippen molar-refractivity contribution in [3.05, 3.63) is 22.2 Å². The predicted molar refractivity (Wildman–Crippen MR) is 74.8 cm³/mol. The van der Waals surface area contributed by atoms with Gasteiger partial charge in [0.05, 0.1) is 11.9 Å². The third-order valence-corrected chi connectivity index (χ3v) is 3.02. The molecule has 0 atom stereocenters. The first-order valence-corrected chi connectivity index (χ1v) is 6.72. The van der Waals surface area contributed by atoms with Crippen LogP contribution in [0.2, 0.25) is 0 Å². The number of nitrogens with zero attached hydrogens (tertiary/aromatic N) is 3. The lowest BCUT2D eigenvalue weighted by Crippen LogP contribution is -2.14. The highest BCUT2D eigenvalue weighted by molar-refractivity contribution is 5.69. The monoisotopic (exact) mass is 261 g/mol. The fourth-order valence-corrected chi connectivity index (χ4v) is 2.00. The Morgan fingerprint density at radius 1 is 1.21 bits per heavy atom. The standard InChI is InChI=1S/C13H19N5O/c1-2-3-4-5-6-7-9-8-15-11-10(16-9)12(19)18-13(14)17-11/h8H,2-7H2,1H3,(H3,14,15,17,18,19). The lowest BCUT2D eigenvalue weighted by molar-refractivity contribution is 0.628. The maximum absolute atomic E-state index is 11.7. The molecule has 0 saturated heterocycles. The van der Waals surface area contributed by atoms with Crippen molar-refractivity contribution < 1.29 is 0 Å². The summed E-state index contributed by atoms with van der Waals surface area (Å²) in [6.45, 7) is 2.19. The number of aromatic amines is 1. The van der Waals surface area contributed by atoms with Crippen LogP contribution in [0, 0.1) is 0 Å². The number of anilines is 1. The van der Waals surface area contributed by atoms with Crippen molar-refractivity contribution in [3.63, 3.8) is 0 Å². The summed E-state index contributed by atoms with van der Waals surface area (Å²) in [7, 11) is 0. The molecule has 0 radical (unpaired) electrons. The van der Waals surface area contributed by atoms with Crippen molar-refractivity contribution in [3.8, 4) is 0 Å². The zero-order chi connectivity index (χ0) is 13.7. The first kappa shape index (κ1) is 13.5. The maximum atomic E-state index is 11.7. The van der Waals surface area contributed by atoms with Crippen LogP contribution in [-0.2, 0) is 6.42 Å². The molecule has 0 amide bonds. The highest BCUT2D eigenvalue weighted by Gasteiger charge is 2.06. The number of nitrogens with two attached hydrogens (primary N) is 1. The fourth-order valence-electron chi connectivity index (χ4n) is 2.00. The van der Waals surface area contributed by atoms with Gasteiger partial charge in [0.2, 0.25) is 5.95 Å². The third kappa shape index (κ3) is 3.49. The third-order valence-electron chi connectivity index (χ3n) is 3.02. The van der Waals surface area contributed by atoms with Crippen LogP contribution in [0.5, 0.6) is 0 Å². The molecule has 0 aromatic carbocycles. The molecule has 19 heavy (non-hydrogen) atoms. The molecule has 6 nitrogen and oxygen atoms in total. The quantitative estimate of drug-likeness (QED) is 0.773. The van der Waals surface area contributed by atoms with Crippen LogP contribution < -0.4 is 11.3 Å². The van der Waals surface area contributed by atoms with Crippen molar-refractivity contribution in [2.24, 2.45) is 0 Å². The van der Waals surface area contributed by atoms with Gasteiger partial charge in [-0.1, -0.05) is 32.6 Å². The van der Waals surface area contributed by atoms with Gasteiger partial charge in [-0.25, -0.2) is 9.97 Å². The molecule has 0 unspecified atom stereocenters. The minimum absolute atomic E-state index is 0.0686. The van der Waals surface area contributed by atoms with Crippen molar-refractivity contribution in [1.29, 1.82) is 0 Å². The molecule has 2 rings (SSSR count). The minimum Gasteiger partial charge on any atom is -0.369 e. The highest BCUT2D eigenvalue weighted by atomic mass is 16.1. The average Bonchev–Trinajstić information content (AvgIpc) is 2.39. The van der Waals surface area contributed by atoms with E-state index in [1.807, 2.05) is 0 Å². The van der Waals surface area contributed by atoms with Crippen LogP contribution in [0.25, 0.3) is 11.2 Å². The number of hydrogen-bond acceptors (Lipinski definition) is 5. The van der Waals surface area contributed by atoms with Crippen molar-refractivity contribution in [1.82, 2.24) is 19.9 Å². The van der Waals surface area contributed by atoms with Gasteiger partial charge >= 0.3 is 0 Å². The van der Waals surface area contributed by atoms with Gasteiger partial charge in [0, 0.05) is 0 Å². The van der Waals surface area contributed by atoms with E-state index in [9.17, 15) is 4.79 Å². The molecule has 3 N–H and O–H groups in total. The smallest absolute Gasteiger partial charge is 0.280 e. The van der Waals surface area contributed by atoms with E-state index in [1.54, 1.807) is 6.20 Å². The summed E-state index contributed by atoms with van der Waals surface area (Å²) in [5.74, 6) is 0.0686. The fraction of sp³-hybridized carbons (Fsp3) is 0.538. The number of hydrogen-bond donors (Lipinski definition) is 2. The zero-order valence-corrected chi connectivity index (χ0v) is 11.1. The van der Waals surface area contributed by atoms with Crippen molar-refractivity contribution in [2.75, 3.05) is 5.73 Å². The van der Waals surface area contributed by atoms with Gasteiger partial charge in [0.1, 0.15) is 0 Å². The largest absolute Gasteiger partial charge is 0.369 e. The van der Waals surface area contributed by atoms with Crippen LogP contribution in [0.1, 0.15) is 44.7 Å². The molecule has 6 heteroatoms. The Bertz CT molecular complexity index is 607. The van der Waals surface area contributed by atoms with Gasteiger partial charge in [-0.2, -0.15) is 4.98 Å². The normalized spacial score (nSPS) is 11.0. The number of nitrogen functional groups attached to an aromatic ring is 1. The molecule has 2 heterocycles. The molecule has 2 aromatic heterocycles. The van der Waals surface area contributed by atoms with Crippen molar-refractivity contribution >= 4 is 17.1 Å². The molecule has 0 spiro atoms. The summed E-state index contributed by atoms with van der Waals surface area (Å²) in [6.07, 6.45) is 8.52. The van der Waals surface area contributed by atoms with E-state index >= 15 is 0 Å². The molecule has 0 saturated carbocycles. The Hall–Kier alpha value is -1.98. The number of unbranched alkanes of at least 4 members (excludes halogenated alkanes) is 4. The minimum atomic E-state index is -0.331. The summed E-state index contributed by atoms with van der Waals surface area (Å²) in [6, 6.07) is 0. The maximum Gasteiger partial charge on any atom is 0.280 e. The summed E-state index contributed by atoms with van der Waals surface area (Å²) in [5, 5.41) is 0. The summed E-state index contributed by atoms with van der Waals surface area (Å²) >= 11 is 0. The van der Waals surface area contributed by atoms with Gasteiger partial charge in [0.25, 0.3) is 5.56 Å². The second-order valence-electron chi connectivity index (χ2n) is 4.65. The SMILES string of the molecule is CCCCCCCc1cnc2nc(N)[nH]c(=O)c2n1. The van der Waals surface area contributed by atoms with Gasteiger partial charge in [0.15, 0.2) is 11.2 Å². The van der Waals surface area contributed by atoms with E-state index in [4.69, 9.17) is 5.73 Å². The van der Waals surface area contributed by atoms with E-state index in [0.717, 1.165) is 18.5 Å². The van der Waals surface area contributed by atoms with E-state index in [0.29, 0.717) is 5.65 Å². The van der Waals surface area contributed by atoms with Crippen LogP contribution in [0.15, 0.2) is 11.0 Å². The van der Waals surface area contributed by atoms with E-state index in [-0.39, 0.29) is 17.0 Å². The first-order valence-electron chi connectivity index (χ1n) is 6.72. The topological polar surface area (TPSA) is 97.5 Å². The average molecular weight is 261 g/mol. The Morgan fingerprint density at radius 2 is 2.00 bits per heavy atom. The highest BCUT2D eigenvalue weighted by Crippen LogP contribution is 2.08. The Balaban J connectivity index is 2.07. The van der Waals surface area contributed by atoms with Crippen molar-refractivity contribution in [2.45, 2.75) is 45.4 Å². The van der Waals surface area contributed by atoms with Crippen LogP contribution in [-0.4, -0.2) is 19.9 Å². The molecule has 0 fully saturated rings. The Kier molecular flexibility index (Phi) is 4.43. The molecule has 102 valence electrons. The number of fused-ring (bicyclic) bond motifs is 1. The predicted octanol–water partition coefficient (Wildman–Crippen LogP) is 1.81. The molecule has 0 aliphatic rings. The molecule has 0 aliphatic heterocycles. The second kappa shape index (κ2) is 6.26. The molecule has 0 aliphatic carbocycles. The molecule has 0 bridgehead atoms. The molecular formula is C13H19N5O. The van der Waals surface area contributed by atoms with Gasteiger partial charge in [-0.3, -0.25) is 9.78 Å². The number of aromatic nitrogens is 4. The van der Waals surface area contributed by atoms with Crippen LogP contribution >= 0.6 is 0 Å². The molecular weight excluding hydrogens is 242 g/mol. The summed E-state index contributed by atoms with van der Waals surface area (Å²) in [5.41, 5.74) is 6.52. The number of H-pyrrole nitrogens is 1.